The van der Waals surface area contributed by atoms with E-state index in [1.165, 1.54) is 11.3 Å². The quantitative estimate of drug-likeness (QED) is 0.481. The van der Waals surface area contributed by atoms with E-state index in [1.807, 2.05) is 18.2 Å². The molecule has 1 aromatic carbocycles. The van der Waals surface area contributed by atoms with Gasteiger partial charge in [-0.05, 0) is 63.1 Å². The van der Waals surface area contributed by atoms with Crippen molar-refractivity contribution in [2.45, 2.75) is 64.0 Å². The number of hydrogen-bond acceptors (Lipinski definition) is 7. The Bertz CT molecular complexity index is 1220. The lowest BCUT2D eigenvalue weighted by molar-refractivity contribution is -0.0230. The van der Waals surface area contributed by atoms with Crippen LogP contribution in [0.1, 0.15) is 60.0 Å². The number of halogens is 2. The molecule has 1 fully saturated rings. The van der Waals surface area contributed by atoms with Crippen LogP contribution in [-0.4, -0.2) is 62.4 Å². The fourth-order valence-electron chi connectivity index (χ4n) is 5.19. The third-order valence-electron chi connectivity index (χ3n) is 7.14. The van der Waals surface area contributed by atoms with Crippen LogP contribution in [0.5, 0.6) is 5.19 Å². The van der Waals surface area contributed by atoms with Gasteiger partial charge in [-0.3, -0.25) is 9.69 Å². The number of aryl methyl sites for hydroxylation is 1. The van der Waals surface area contributed by atoms with Gasteiger partial charge in [0.1, 0.15) is 11.0 Å². The Morgan fingerprint density at radius 3 is 2.86 bits per heavy atom. The Hall–Kier alpha value is -2.66. The highest BCUT2D eigenvalue weighted by Crippen LogP contribution is 2.32. The summed E-state index contributed by atoms with van der Waals surface area (Å²) < 4.78 is 33.0. The molecule has 1 amide bonds. The van der Waals surface area contributed by atoms with E-state index in [-0.39, 0.29) is 11.9 Å². The second-order valence-electron chi connectivity index (χ2n) is 10.1. The van der Waals surface area contributed by atoms with Crippen LogP contribution in [0.3, 0.4) is 0 Å². The van der Waals surface area contributed by atoms with Crippen LogP contribution < -0.4 is 10.1 Å². The molecule has 36 heavy (non-hydrogen) atoms. The molecule has 194 valence electrons. The molecule has 1 aliphatic heterocycles. The number of nitrogens with one attached hydrogen (secondary N) is 1. The number of aromatic nitrogens is 4. The van der Waals surface area contributed by atoms with Crippen LogP contribution in [0, 0.1) is 5.92 Å². The first-order chi connectivity index (χ1) is 17.2. The van der Waals surface area contributed by atoms with Crippen molar-refractivity contribution in [1.82, 2.24) is 30.2 Å². The molecule has 2 aliphatic rings. The van der Waals surface area contributed by atoms with Crippen LogP contribution in [0.2, 0.25) is 0 Å². The number of para-hydroxylation sites is 1. The Morgan fingerprint density at radius 2 is 2.08 bits per heavy atom. The summed E-state index contributed by atoms with van der Waals surface area (Å²) in [6.07, 6.45) is 6.16. The lowest BCUT2D eigenvalue weighted by Gasteiger charge is -2.32. The number of nitrogens with zero attached hydrogens (tertiary/aromatic N) is 5. The number of alkyl halides is 2. The third kappa shape index (κ3) is 5.83. The summed E-state index contributed by atoms with van der Waals surface area (Å²) in [5, 5.41) is 11.7. The molecule has 0 spiro atoms. The van der Waals surface area contributed by atoms with E-state index in [1.54, 1.807) is 11.7 Å². The number of thiazole rings is 1. The minimum absolute atomic E-state index is 0.0622. The highest BCUT2D eigenvalue weighted by Gasteiger charge is 2.27. The largest absolute Gasteiger partial charge is 0.464 e. The fourth-order valence-corrected chi connectivity index (χ4v) is 6.10. The summed E-state index contributed by atoms with van der Waals surface area (Å²) in [5.41, 5.74) is 3.06. The molecule has 0 bridgehead atoms. The maximum absolute atomic E-state index is 13.1. The molecule has 3 heterocycles. The van der Waals surface area contributed by atoms with E-state index in [4.69, 9.17) is 4.74 Å². The van der Waals surface area contributed by atoms with Crippen LogP contribution >= 0.6 is 11.3 Å². The topological polar surface area (TPSA) is 85.2 Å². The number of ether oxygens (including phenoxy) is 1. The standard InChI is InChI=1S/C25H32F2N6O2S/c1-25(26,27)15-35-24-29-20-14-33(13-11-21(20)36-24)12-10-16-6-8-17(9-7-16)28-23(34)18-4-3-5-19-22(18)32(2)31-30-19/h3-5,16-17H,6-15H2,1-2H3,(H,28,34). The van der Waals surface area contributed by atoms with Crippen LogP contribution in [0.15, 0.2) is 18.2 Å². The first-order valence-corrected chi connectivity index (χ1v) is 13.4. The summed E-state index contributed by atoms with van der Waals surface area (Å²) in [7, 11) is 1.80. The molecule has 11 heteroatoms. The summed E-state index contributed by atoms with van der Waals surface area (Å²) in [4.78, 5) is 20.9. The van der Waals surface area contributed by atoms with Gasteiger partial charge in [-0.15, -0.1) is 5.10 Å². The molecule has 0 unspecified atom stereocenters. The molecule has 1 saturated carbocycles. The SMILES string of the molecule is Cn1nnc2cccc(C(=O)NC3CCC(CCN4CCc5sc(OCC(C)(F)F)nc5C4)CC3)c21. The predicted molar refractivity (Wildman–Crippen MR) is 134 cm³/mol. The molecule has 0 saturated heterocycles. The first-order valence-electron chi connectivity index (χ1n) is 12.6. The minimum Gasteiger partial charge on any atom is -0.464 e. The number of amides is 1. The zero-order chi connectivity index (χ0) is 25.3. The van der Waals surface area contributed by atoms with Gasteiger partial charge in [0.25, 0.3) is 17.0 Å². The second-order valence-corrected chi connectivity index (χ2v) is 11.1. The van der Waals surface area contributed by atoms with Crippen molar-refractivity contribution in [2.24, 2.45) is 13.0 Å². The van der Waals surface area contributed by atoms with Crippen LogP contribution in [-0.2, 0) is 20.0 Å². The van der Waals surface area contributed by atoms with Crippen molar-refractivity contribution in [3.63, 3.8) is 0 Å². The Kier molecular flexibility index (Phi) is 7.21. The van der Waals surface area contributed by atoms with Gasteiger partial charge >= 0.3 is 0 Å². The molecule has 5 rings (SSSR count). The van der Waals surface area contributed by atoms with Crippen LogP contribution in [0.25, 0.3) is 11.0 Å². The van der Waals surface area contributed by atoms with Crippen molar-refractivity contribution in [1.29, 1.82) is 0 Å². The summed E-state index contributed by atoms with van der Waals surface area (Å²) >= 11 is 1.39. The Balaban J connectivity index is 1.06. The molecule has 8 nitrogen and oxygen atoms in total. The van der Waals surface area contributed by atoms with Gasteiger partial charge in [-0.1, -0.05) is 22.6 Å². The van der Waals surface area contributed by atoms with Crippen molar-refractivity contribution >= 4 is 28.3 Å². The summed E-state index contributed by atoms with van der Waals surface area (Å²) in [6, 6.07) is 5.72. The molecule has 1 N–H and O–H groups in total. The van der Waals surface area contributed by atoms with Crippen molar-refractivity contribution in [3.05, 3.63) is 34.3 Å². The Morgan fingerprint density at radius 1 is 1.28 bits per heavy atom. The summed E-state index contributed by atoms with van der Waals surface area (Å²) in [6.45, 7) is 2.92. The maximum Gasteiger partial charge on any atom is 0.278 e. The number of fused-ring (bicyclic) bond motifs is 2. The highest BCUT2D eigenvalue weighted by molar-refractivity contribution is 7.13. The van der Waals surface area contributed by atoms with Gasteiger partial charge in [0.2, 0.25) is 0 Å². The molecule has 3 aromatic rings. The highest BCUT2D eigenvalue weighted by atomic mass is 32.1. The monoisotopic (exact) mass is 518 g/mol. The molecule has 0 radical (unpaired) electrons. The first kappa shape index (κ1) is 25.0. The summed E-state index contributed by atoms with van der Waals surface area (Å²) in [5.74, 6) is -2.27. The van der Waals surface area contributed by atoms with Gasteiger partial charge in [0, 0.05) is 38.0 Å². The van der Waals surface area contributed by atoms with Gasteiger partial charge in [-0.2, -0.15) is 0 Å². The number of carbonyl (C=O) groups is 1. The van der Waals surface area contributed by atoms with E-state index >= 15 is 0 Å². The number of benzene rings is 1. The molecular weight excluding hydrogens is 486 g/mol. The normalized spacial score (nSPS) is 20.9. The maximum atomic E-state index is 13.1. The van der Waals surface area contributed by atoms with Gasteiger partial charge in [0.15, 0.2) is 6.61 Å². The van der Waals surface area contributed by atoms with E-state index in [0.717, 1.165) is 86.7 Å². The van der Waals surface area contributed by atoms with Crippen LogP contribution in [0.4, 0.5) is 8.78 Å². The molecule has 0 atom stereocenters. The van der Waals surface area contributed by atoms with Gasteiger partial charge in [0.05, 0.1) is 11.3 Å². The number of hydrogen-bond donors (Lipinski definition) is 1. The minimum atomic E-state index is -2.86. The molecular formula is C25H32F2N6O2S. The second kappa shape index (κ2) is 10.4. The van der Waals surface area contributed by atoms with Crippen molar-refractivity contribution < 1.29 is 18.3 Å². The van der Waals surface area contributed by atoms with E-state index in [0.29, 0.717) is 16.7 Å². The predicted octanol–water partition coefficient (Wildman–Crippen LogP) is 4.20. The average molecular weight is 519 g/mol. The van der Waals surface area contributed by atoms with Crippen molar-refractivity contribution in [2.75, 3.05) is 19.7 Å². The number of carbonyl (C=O) groups excluding carboxylic acids is 1. The zero-order valence-electron chi connectivity index (χ0n) is 20.7. The Labute approximate surface area is 213 Å². The lowest BCUT2D eigenvalue weighted by atomic mass is 9.84. The van der Waals surface area contributed by atoms with Crippen molar-refractivity contribution in [3.8, 4) is 5.19 Å². The molecule has 2 aromatic heterocycles. The number of rotatable bonds is 8. The van der Waals surface area contributed by atoms with Gasteiger partial charge in [-0.25, -0.2) is 18.4 Å². The van der Waals surface area contributed by atoms with E-state index < -0.39 is 12.5 Å². The molecule has 1 aliphatic carbocycles. The lowest BCUT2D eigenvalue weighted by Crippen LogP contribution is -2.38. The third-order valence-corrected chi connectivity index (χ3v) is 8.21. The van der Waals surface area contributed by atoms with E-state index in [9.17, 15) is 13.6 Å². The van der Waals surface area contributed by atoms with Gasteiger partial charge < -0.3 is 10.1 Å². The smallest absolute Gasteiger partial charge is 0.278 e. The van der Waals surface area contributed by atoms with E-state index in [2.05, 4.69) is 25.5 Å². The zero-order valence-corrected chi connectivity index (χ0v) is 21.5. The average Bonchev–Trinajstić information content (AvgIpc) is 3.44. The fraction of sp³-hybridized carbons (Fsp3) is 0.600.